The number of rotatable bonds is 0. The van der Waals surface area contributed by atoms with E-state index >= 15 is 0 Å². The average molecular weight is 303 g/mol. The standard InChI is InChI=1S/C20H17NO2/c22-16-12-13-6-5-11-21-15-8-2-4-10-18(15)23-17-9-3-1-7-14(17)19(16)20(13)21/h1-4,7-10,13H,5-6,11-12H2/t13-/m0/s1. The maximum Gasteiger partial charge on any atom is 0.166 e. The first-order valence-electron chi connectivity index (χ1n) is 8.24. The lowest BCUT2D eigenvalue weighted by molar-refractivity contribution is 0.0989. The molecule has 2 heterocycles. The molecule has 1 aliphatic heterocycles. The van der Waals surface area contributed by atoms with Crippen molar-refractivity contribution in [1.29, 1.82) is 0 Å². The number of aryl methyl sites for hydroxylation is 1. The van der Waals surface area contributed by atoms with Gasteiger partial charge in [-0.25, -0.2) is 0 Å². The van der Waals surface area contributed by atoms with Crippen LogP contribution < -0.4 is 0 Å². The highest BCUT2D eigenvalue weighted by atomic mass is 16.3. The van der Waals surface area contributed by atoms with Gasteiger partial charge >= 0.3 is 0 Å². The van der Waals surface area contributed by atoms with Crippen molar-refractivity contribution >= 4 is 27.9 Å². The summed E-state index contributed by atoms with van der Waals surface area (Å²) < 4.78 is 8.52. The average Bonchev–Trinajstić information content (AvgIpc) is 2.90. The number of Topliss-reactive ketones (excluding diaryl/α,β-unsaturated/α-hetero) is 1. The molecule has 0 bridgehead atoms. The number of hydrogen-bond donors (Lipinski definition) is 0. The summed E-state index contributed by atoms with van der Waals surface area (Å²) in [6.07, 6.45) is 2.86. The highest BCUT2D eigenvalue weighted by Gasteiger charge is 2.35. The van der Waals surface area contributed by atoms with E-state index in [0.717, 1.165) is 47.0 Å². The summed E-state index contributed by atoms with van der Waals surface area (Å²) in [5.74, 6) is 0.609. The van der Waals surface area contributed by atoms with Crippen LogP contribution in [0.4, 0.5) is 0 Å². The predicted octanol–water partition coefficient (Wildman–Crippen LogP) is 4.98. The van der Waals surface area contributed by atoms with Crippen molar-refractivity contribution in [3.63, 3.8) is 0 Å². The SMILES string of the molecule is O=C1C[C@@H]2CCCn3c2c1c1ccccc1oc1ccccc13. The first kappa shape index (κ1) is 12.9. The molecule has 2 aliphatic rings. The van der Waals surface area contributed by atoms with Crippen LogP contribution in [0.25, 0.3) is 22.1 Å². The van der Waals surface area contributed by atoms with Crippen LogP contribution in [0.5, 0.6) is 0 Å². The van der Waals surface area contributed by atoms with Gasteiger partial charge in [0.2, 0.25) is 0 Å². The lowest BCUT2D eigenvalue weighted by Gasteiger charge is -2.24. The van der Waals surface area contributed by atoms with Crippen molar-refractivity contribution in [3.8, 4) is 0 Å². The minimum absolute atomic E-state index is 0.257. The zero-order valence-electron chi connectivity index (χ0n) is 12.8. The van der Waals surface area contributed by atoms with E-state index in [9.17, 15) is 4.79 Å². The topological polar surface area (TPSA) is 35.1 Å². The molecule has 2 aromatic carbocycles. The Kier molecular flexibility index (Phi) is 2.66. The summed E-state index contributed by atoms with van der Waals surface area (Å²) in [5.41, 5.74) is 4.81. The van der Waals surface area contributed by atoms with Crippen LogP contribution >= 0.6 is 0 Å². The Morgan fingerprint density at radius 2 is 1.78 bits per heavy atom. The maximum absolute atomic E-state index is 12.8. The Hall–Kier alpha value is -2.55. The van der Waals surface area contributed by atoms with Crippen LogP contribution in [0.1, 0.15) is 41.2 Å². The molecule has 1 aromatic heterocycles. The largest absolute Gasteiger partial charge is 0.455 e. The molecule has 0 fully saturated rings. The Labute approximate surface area is 133 Å². The van der Waals surface area contributed by atoms with Crippen LogP contribution in [-0.4, -0.2) is 10.4 Å². The zero-order chi connectivity index (χ0) is 15.4. The van der Waals surface area contributed by atoms with E-state index in [1.807, 2.05) is 42.5 Å². The summed E-state index contributed by atoms with van der Waals surface area (Å²) in [6, 6.07) is 16.1. The Morgan fingerprint density at radius 3 is 2.70 bits per heavy atom. The third kappa shape index (κ3) is 1.79. The molecule has 0 amide bonds. The van der Waals surface area contributed by atoms with Gasteiger partial charge in [-0.05, 0) is 31.0 Å². The summed E-state index contributed by atoms with van der Waals surface area (Å²) in [7, 11) is 0. The molecule has 0 radical (unpaired) electrons. The van der Waals surface area contributed by atoms with Crippen molar-refractivity contribution in [2.45, 2.75) is 31.7 Å². The normalized spacial score (nSPS) is 19.1. The minimum Gasteiger partial charge on any atom is -0.455 e. The van der Waals surface area contributed by atoms with Crippen LogP contribution in [0.2, 0.25) is 0 Å². The molecule has 3 heteroatoms. The van der Waals surface area contributed by atoms with E-state index in [4.69, 9.17) is 4.42 Å². The van der Waals surface area contributed by atoms with Gasteiger partial charge in [0.05, 0.1) is 5.52 Å². The summed E-state index contributed by atoms with van der Waals surface area (Å²) in [4.78, 5) is 12.8. The fourth-order valence-corrected chi connectivity index (χ4v) is 4.17. The molecule has 23 heavy (non-hydrogen) atoms. The second kappa shape index (κ2) is 4.72. The molecule has 114 valence electrons. The number of ketones is 1. The molecule has 0 saturated heterocycles. The van der Waals surface area contributed by atoms with Gasteiger partial charge in [0, 0.05) is 35.5 Å². The van der Waals surface area contributed by atoms with Gasteiger partial charge in [-0.15, -0.1) is 0 Å². The fourth-order valence-electron chi connectivity index (χ4n) is 4.17. The molecule has 5 rings (SSSR count). The quantitative estimate of drug-likeness (QED) is 0.587. The molecule has 1 aliphatic carbocycles. The lowest BCUT2D eigenvalue weighted by atomic mass is 9.96. The number of fused-ring (bicyclic) bond motifs is 4. The first-order valence-corrected chi connectivity index (χ1v) is 8.24. The molecule has 3 nitrogen and oxygen atoms in total. The molecule has 0 unspecified atom stereocenters. The number of carbonyl (C=O) groups is 1. The lowest BCUT2D eigenvalue weighted by Crippen LogP contribution is -2.15. The molecular formula is C20H17NO2. The number of nitrogens with zero attached hydrogens (tertiary/aromatic N) is 1. The van der Waals surface area contributed by atoms with Gasteiger partial charge in [-0.3, -0.25) is 4.79 Å². The van der Waals surface area contributed by atoms with Crippen LogP contribution in [0, 0.1) is 0 Å². The summed E-state index contributed by atoms with van der Waals surface area (Å²) >= 11 is 0. The third-order valence-electron chi connectivity index (χ3n) is 5.11. The number of benzene rings is 2. The molecular weight excluding hydrogens is 286 g/mol. The van der Waals surface area contributed by atoms with Crippen molar-refractivity contribution in [1.82, 2.24) is 4.57 Å². The van der Waals surface area contributed by atoms with Crippen molar-refractivity contribution < 1.29 is 9.21 Å². The number of aromatic nitrogens is 1. The summed E-state index contributed by atoms with van der Waals surface area (Å²) in [5, 5.41) is 0.941. The van der Waals surface area contributed by atoms with Crippen LogP contribution in [-0.2, 0) is 6.54 Å². The second-order valence-corrected chi connectivity index (χ2v) is 6.44. The number of hydrogen-bond acceptors (Lipinski definition) is 2. The van der Waals surface area contributed by atoms with Gasteiger partial charge in [0.1, 0.15) is 5.58 Å². The van der Waals surface area contributed by atoms with E-state index in [-0.39, 0.29) is 5.78 Å². The highest BCUT2D eigenvalue weighted by molar-refractivity contribution is 6.10. The van der Waals surface area contributed by atoms with Gasteiger partial charge in [-0.2, -0.15) is 0 Å². The van der Waals surface area contributed by atoms with Gasteiger partial charge < -0.3 is 8.98 Å². The van der Waals surface area contributed by atoms with E-state index in [2.05, 4.69) is 10.6 Å². The van der Waals surface area contributed by atoms with Crippen LogP contribution in [0.3, 0.4) is 0 Å². The monoisotopic (exact) mass is 303 g/mol. The summed E-state index contributed by atoms with van der Waals surface area (Å²) in [6.45, 7) is 0.950. The van der Waals surface area contributed by atoms with Crippen molar-refractivity contribution in [2.75, 3.05) is 0 Å². The molecule has 0 spiro atoms. The van der Waals surface area contributed by atoms with E-state index < -0.39 is 0 Å². The van der Waals surface area contributed by atoms with Gasteiger partial charge in [-0.1, -0.05) is 30.3 Å². The molecule has 3 aromatic rings. The number of carbonyl (C=O) groups excluding carboxylic acids is 1. The molecule has 1 atom stereocenters. The Balaban J connectivity index is 2.10. The van der Waals surface area contributed by atoms with Crippen LogP contribution in [0.15, 0.2) is 52.9 Å². The highest BCUT2D eigenvalue weighted by Crippen LogP contribution is 2.42. The third-order valence-corrected chi connectivity index (χ3v) is 5.11. The Morgan fingerprint density at radius 1 is 1.00 bits per heavy atom. The molecule has 0 saturated carbocycles. The second-order valence-electron chi connectivity index (χ2n) is 6.44. The van der Waals surface area contributed by atoms with E-state index in [0.29, 0.717) is 12.3 Å². The van der Waals surface area contributed by atoms with Gasteiger partial charge in [0.25, 0.3) is 0 Å². The van der Waals surface area contributed by atoms with Gasteiger partial charge in [0.15, 0.2) is 11.4 Å². The fraction of sp³-hybridized carbons (Fsp3) is 0.250. The van der Waals surface area contributed by atoms with Crippen molar-refractivity contribution in [2.24, 2.45) is 0 Å². The minimum atomic E-state index is 0.257. The van der Waals surface area contributed by atoms with E-state index in [1.54, 1.807) is 0 Å². The first-order chi connectivity index (χ1) is 11.3. The van der Waals surface area contributed by atoms with E-state index in [1.165, 1.54) is 5.69 Å². The maximum atomic E-state index is 12.8. The van der Waals surface area contributed by atoms with Crippen molar-refractivity contribution in [3.05, 3.63) is 59.8 Å². The Bertz CT molecular complexity index is 1010. The zero-order valence-corrected chi connectivity index (χ0v) is 12.8. The molecule has 0 N–H and O–H groups in total. The smallest absolute Gasteiger partial charge is 0.166 e. The predicted molar refractivity (Wildman–Crippen MR) is 90.3 cm³/mol. The number of para-hydroxylation sites is 3.